The normalized spacial score (nSPS) is 18.1. The zero-order chi connectivity index (χ0) is 12.1. The molecule has 0 aromatic carbocycles. The zero-order valence-corrected chi connectivity index (χ0v) is 11.1. The minimum Gasteiger partial charge on any atom is -0.340 e. The summed E-state index contributed by atoms with van der Waals surface area (Å²) in [5.74, 6) is 0.278. The van der Waals surface area contributed by atoms with Crippen molar-refractivity contribution in [2.45, 2.75) is 34.6 Å². The molecule has 1 saturated heterocycles. The maximum Gasteiger partial charge on any atom is 0.228 e. The van der Waals surface area contributed by atoms with E-state index in [1.165, 1.54) is 0 Å². The molecule has 15 heavy (non-hydrogen) atoms. The van der Waals surface area contributed by atoms with Crippen LogP contribution in [-0.4, -0.2) is 48.9 Å². The molecule has 0 spiro atoms. The maximum absolute atomic E-state index is 11.8. The predicted octanol–water partition coefficient (Wildman–Crippen LogP) is 1.83. The Morgan fingerprint density at radius 1 is 1.00 bits per heavy atom. The topological polar surface area (TPSA) is 23.6 Å². The summed E-state index contributed by atoms with van der Waals surface area (Å²) in [6, 6.07) is 0. The Morgan fingerprint density at radius 2 is 1.40 bits per heavy atom. The van der Waals surface area contributed by atoms with Crippen LogP contribution in [0.1, 0.15) is 34.6 Å². The maximum atomic E-state index is 11.8. The molecule has 0 saturated carbocycles. The highest BCUT2D eigenvalue weighted by Crippen LogP contribution is 2.18. The van der Waals surface area contributed by atoms with E-state index in [1.54, 1.807) is 0 Å². The third-order valence-corrected chi connectivity index (χ3v) is 2.43. The molecular formula is C12H26N2O. The number of carbonyl (C=O) groups excluding carboxylic acids is 1. The van der Waals surface area contributed by atoms with E-state index < -0.39 is 0 Å². The average Bonchev–Trinajstić information content (AvgIpc) is 2.20. The number of hydrogen-bond acceptors (Lipinski definition) is 2. The Kier molecular flexibility index (Phi) is 5.88. The minimum atomic E-state index is -0.226. The van der Waals surface area contributed by atoms with Crippen molar-refractivity contribution in [2.75, 3.05) is 33.2 Å². The molecule has 90 valence electrons. The van der Waals surface area contributed by atoms with Gasteiger partial charge in [-0.25, -0.2) is 0 Å². The Balaban J connectivity index is 0.000000921. The van der Waals surface area contributed by atoms with Crippen molar-refractivity contribution in [3.63, 3.8) is 0 Å². The molecule has 0 aromatic heterocycles. The van der Waals surface area contributed by atoms with Gasteiger partial charge in [0.1, 0.15) is 0 Å². The van der Waals surface area contributed by atoms with Gasteiger partial charge in [-0.15, -0.1) is 0 Å². The number of hydrogen-bond donors (Lipinski definition) is 0. The molecule has 1 aliphatic rings. The van der Waals surface area contributed by atoms with E-state index in [0.29, 0.717) is 0 Å². The third kappa shape index (κ3) is 4.65. The standard InChI is InChI=1S/C10H20N2O.C2H6/c1-10(2,3)9(13)12-7-5-11(4)6-8-12;1-2/h5-8H2,1-4H3;1-2H3. The average molecular weight is 214 g/mol. The van der Waals surface area contributed by atoms with E-state index in [9.17, 15) is 4.79 Å². The van der Waals surface area contributed by atoms with Crippen molar-refractivity contribution in [3.05, 3.63) is 0 Å². The first-order valence-electron chi connectivity index (χ1n) is 5.89. The lowest BCUT2D eigenvalue weighted by molar-refractivity contribution is -0.141. The summed E-state index contributed by atoms with van der Waals surface area (Å²) in [4.78, 5) is 16.1. The molecule has 1 amide bonds. The Bertz CT molecular complexity index is 188. The second-order valence-corrected chi connectivity index (χ2v) is 4.85. The van der Waals surface area contributed by atoms with Crippen LogP contribution in [0.5, 0.6) is 0 Å². The summed E-state index contributed by atoms with van der Waals surface area (Å²) in [6.45, 7) is 13.7. The van der Waals surface area contributed by atoms with Crippen LogP contribution in [0, 0.1) is 5.41 Å². The summed E-state index contributed by atoms with van der Waals surface area (Å²) >= 11 is 0. The molecule has 0 radical (unpaired) electrons. The lowest BCUT2D eigenvalue weighted by Crippen LogP contribution is -2.50. The molecule has 0 N–H and O–H groups in total. The van der Waals surface area contributed by atoms with Crippen LogP contribution in [0.25, 0.3) is 0 Å². The summed E-state index contributed by atoms with van der Waals surface area (Å²) in [5.41, 5.74) is -0.226. The van der Waals surface area contributed by atoms with Crippen LogP contribution in [-0.2, 0) is 4.79 Å². The van der Waals surface area contributed by atoms with Crippen molar-refractivity contribution in [1.82, 2.24) is 9.80 Å². The van der Waals surface area contributed by atoms with Crippen LogP contribution in [0.15, 0.2) is 0 Å². The molecule has 1 heterocycles. The lowest BCUT2D eigenvalue weighted by Gasteiger charge is -2.36. The van der Waals surface area contributed by atoms with E-state index in [-0.39, 0.29) is 11.3 Å². The van der Waals surface area contributed by atoms with Crippen LogP contribution >= 0.6 is 0 Å². The van der Waals surface area contributed by atoms with Crippen LogP contribution < -0.4 is 0 Å². The molecule has 0 atom stereocenters. The van der Waals surface area contributed by atoms with Gasteiger partial charge >= 0.3 is 0 Å². The van der Waals surface area contributed by atoms with Gasteiger partial charge in [0.05, 0.1) is 0 Å². The highest BCUT2D eigenvalue weighted by atomic mass is 16.2. The molecule has 0 unspecified atom stereocenters. The van der Waals surface area contributed by atoms with Crippen molar-refractivity contribution in [1.29, 1.82) is 0 Å². The smallest absolute Gasteiger partial charge is 0.228 e. The van der Waals surface area contributed by atoms with Gasteiger partial charge in [-0.1, -0.05) is 34.6 Å². The van der Waals surface area contributed by atoms with Gasteiger partial charge in [-0.2, -0.15) is 0 Å². The van der Waals surface area contributed by atoms with Crippen LogP contribution in [0.2, 0.25) is 0 Å². The van der Waals surface area contributed by atoms with Crippen molar-refractivity contribution in [3.8, 4) is 0 Å². The molecule has 1 fully saturated rings. The number of likely N-dealkylation sites (N-methyl/N-ethyl adjacent to an activating group) is 1. The van der Waals surface area contributed by atoms with Gasteiger partial charge < -0.3 is 9.80 Å². The van der Waals surface area contributed by atoms with E-state index in [1.807, 2.05) is 39.5 Å². The molecule has 1 rings (SSSR count). The second-order valence-electron chi connectivity index (χ2n) is 4.85. The molecular weight excluding hydrogens is 188 g/mol. The molecule has 0 aliphatic carbocycles. The van der Waals surface area contributed by atoms with E-state index in [2.05, 4.69) is 11.9 Å². The number of amides is 1. The zero-order valence-electron chi connectivity index (χ0n) is 11.1. The molecule has 0 bridgehead atoms. The summed E-state index contributed by atoms with van der Waals surface area (Å²) in [6.07, 6.45) is 0. The van der Waals surface area contributed by atoms with E-state index >= 15 is 0 Å². The van der Waals surface area contributed by atoms with Crippen molar-refractivity contribution in [2.24, 2.45) is 5.41 Å². The van der Waals surface area contributed by atoms with Gasteiger partial charge in [0.2, 0.25) is 5.91 Å². The van der Waals surface area contributed by atoms with Gasteiger partial charge in [0, 0.05) is 31.6 Å². The number of rotatable bonds is 0. The Labute approximate surface area is 94.4 Å². The molecule has 1 aliphatic heterocycles. The number of piperazine rings is 1. The van der Waals surface area contributed by atoms with E-state index in [4.69, 9.17) is 0 Å². The SMILES string of the molecule is CC.CN1CCN(C(=O)C(C)(C)C)CC1. The highest BCUT2D eigenvalue weighted by molar-refractivity contribution is 5.81. The molecule has 3 heteroatoms. The fraction of sp³-hybridized carbons (Fsp3) is 0.917. The molecule has 3 nitrogen and oxygen atoms in total. The van der Waals surface area contributed by atoms with Crippen molar-refractivity contribution < 1.29 is 4.79 Å². The van der Waals surface area contributed by atoms with Gasteiger partial charge in [0.15, 0.2) is 0 Å². The predicted molar refractivity (Wildman–Crippen MR) is 64.9 cm³/mol. The summed E-state index contributed by atoms with van der Waals surface area (Å²) in [7, 11) is 2.10. The quantitative estimate of drug-likeness (QED) is 0.614. The largest absolute Gasteiger partial charge is 0.340 e. The van der Waals surface area contributed by atoms with Gasteiger partial charge in [-0.05, 0) is 7.05 Å². The summed E-state index contributed by atoms with van der Waals surface area (Å²) < 4.78 is 0. The van der Waals surface area contributed by atoms with Crippen LogP contribution in [0.3, 0.4) is 0 Å². The summed E-state index contributed by atoms with van der Waals surface area (Å²) in [5, 5.41) is 0. The minimum absolute atomic E-state index is 0.226. The first kappa shape index (κ1) is 14.4. The van der Waals surface area contributed by atoms with Crippen molar-refractivity contribution >= 4 is 5.91 Å². The van der Waals surface area contributed by atoms with Crippen LogP contribution in [0.4, 0.5) is 0 Å². The van der Waals surface area contributed by atoms with E-state index in [0.717, 1.165) is 26.2 Å². The highest BCUT2D eigenvalue weighted by Gasteiger charge is 2.28. The first-order valence-corrected chi connectivity index (χ1v) is 5.89. The Morgan fingerprint density at radius 3 is 1.73 bits per heavy atom. The van der Waals surface area contributed by atoms with Gasteiger partial charge in [-0.3, -0.25) is 4.79 Å². The first-order chi connectivity index (χ1) is 6.91. The second kappa shape index (κ2) is 6.11. The lowest BCUT2D eigenvalue weighted by atomic mass is 9.94. The number of carbonyl (C=O) groups is 1. The molecule has 0 aromatic rings. The monoisotopic (exact) mass is 214 g/mol. The van der Waals surface area contributed by atoms with Gasteiger partial charge in [0.25, 0.3) is 0 Å². The fourth-order valence-corrected chi connectivity index (χ4v) is 1.48. The Hall–Kier alpha value is -0.570. The third-order valence-electron chi connectivity index (χ3n) is 2.43. The number of nitrogens with zero attached hydrogens (tertiary/aromatic N) is 2. The fourth-order valence-electron chi connectivity index (χ4n) is 1.48.